The lowest BCUT2D eigenvalue weighted by molar-refractivity contribution is -0.384. The van der Waals surface area contributed by atoms with Gasteiger partial charge in [0.05, 0.1) is 45.9 Å². The molecular weight excluding hydrogens is 587 g/mol. The number of carbonyl (C=O) groups is 1. The molecular formula is C28H23FN4O9S. The predicted molar refractivity (Wildman–Crippen MR) is 148 cm³/mol. The van der Waals surface area contributed by atoms with Crippen LogP contribution in [0.3, 0.4) is 0 Å². The Morgan fingerprint density at radius 2 is 1.93 bits per heavy atom. The molecule has 2 aromatic heterocycles. The Bertz CT molecular complexity index is 2040. The van der Waals surface area contributed by atoms with E-state index < -0.39 is 37.9 Å². The first-order valence-electron chi connectivity index (χ1n) is 13.0. The van der Waals surface area contributed by atoms with Gasteiger partial charge < -0.3 is 19.1 Å². The van der Waals surface area contributed by atoms with Crippen LogP contribution < -0.4 is 15.0 Å². The molecule has 4 heterocycles. The Balaban J connectivity index is 1.51. The van der Waals surface area contributed by atoms with E-state index in [4.69, 9.17) is 9.47 Å². The van der Waals surface area contributed by atoms with Gasteiger partial charge in [-0.15, -0.1) is 0 Å². The van der Waals surface area contributed by atoms with Crippen LogP contribution in [0.4, 0.5) is 10.1 Å². The number of cyclic esters (lactones) is 1. The van der Waals surface area contributed by atoms with E-state index >= 15 is 0 Å². The summed E-state index contributed by atoms with van der Waals surface area (Å²) in [5.74, 6) is -1.71. The van der Waals surface area contributed by atoms with Crippen molar-refractivity contribution in [3.8, 4) is 17.1 Å². The molecule has 1 unspecified atom stereocenters. The van der Waals surface area contributed by atoms with E-state index in [0.717, 1.165) is 30.3 Å². The number of nitro groups is 1. The fourth-order valence-corrected chi connectivity index (χ4v) is 6.51. The first-order valence-corrected chi connectivity index (χ1v) is 14.5. The van der Waals surface area contributed by atoms with Crippen molar-refractivity contribution < 1.29 is 37.1 Å². The molecule has 13 nitrogen and oxygen atoms in total. The summed E-state index contributed by atoms with van der Waals surface area (Å²) in [4.78, 5) is 40.8. The molecule has 0 saturated carbocycles. The lowest BCUT2D eigenvalue weighted by Crippen LogP contribution is -2.44. The highest BCUT2D eigenvalue weighted by Gasteiger charge is 2.45. The van der Waals surface area contributed by atoms with E-state index in [9.17, 15) is 37.6 Å². The van der Waals surface area contributed by atoms with Crippen LogP contribution in [0, 0.1) is 15.9 Å². The van der Waals surface area contributed by atoms with E-state index in [-0.39, 0.29) is 70.5 Å². The third-order valence-corrected chi connectivity index (χ3v) is 9.29. The molecule has 222 valence electrons. The van der Waals surface area contributed by atoms with Crippen LogP contribution >= 0.6 is 0 Å². The van der Waals surface area contributed by atoms with Crippen LogP contribution in [-0.2, 0) is 44.9 Å². The Labute approximate surface area is 242 Å². The number of pyridine rings is 2. The molecule has 1 atom stereocenters. The van der Waals surface area contributed by atoms with Crippen molar-refractivity contribution in [1.29, 1.82) is 0 Å². The van der Waals surface area contributed by atoms with Crippen molar-refractivity contribution in [3.05, 3.63) is 91.0 Å². The number of carbonyl (C=O) groups excluding carboxylic acids is 1. The Hall–Kier alpha value is -4.73. The number of methoxy groups -OCH3 is 1. The summed E-state index contributed by atoms with van der Waals surface area (Å²) in [5, 5.41) is 22.5. The number of sulfonamides is 1. The van der Waals surface area contributed by atoms with Crippen molar-refractivity contribution in [2.75, 3.05) is 7.11 Å². The highest BCUT2D eigenvalue weighted by atomic mass is 32.2. The third kappa shape index (κ3) is 4.35. The summed E-state index contributed by atoms with van der Waals surface area (Å²) in [6, 6.07) is 8.35. The summed E-state index contributed by atoms with van der Waals surface area (Å²) < 4.78 is 55.3. The largest absolute Gasteiger partial charge is 0.494 e. The molecule has 0 spiro atoms. The van der Waals surface area contributed by atoms with E-state index in [1.54, 1.807) is 6.92 Å². The number of aliphatic hydroxyl groups is 1. The maximum atomic E-state index is 14.8. The average Bonchev–Trinajstić information content (AvgIpc) is 3.35. The van der Waals surface area contributed by atoms with Gasteiger partial charge in [0.15, 0.2) is 17.2 Å². The molecule has 0 saturated heterocycles. The minimum Gasteiger partial charge on any atom is -0.494 e. The maximum absolute atomic E-state index is 14.8. The maximum Gasteiger partial charge on any atom is 0.343 e. The fraction of sp³-hybridized carbons (Fsp3) is 0.250. The van der Waals surface area contributed by atoms with Gasteiger partial charge in [-0.05, 0) is 36.2 Å². The Morgan fingerprint density at radius 1 is 1.21 bits per heavy atom. The van der Waals surface area contributed by atoms with Crippen molar-refractivity contribution in [2.45, 2.75) is 43.5 Å². The normalized spacial score (nSPS) is 17.3. The van der Waals surface area contributed by atoms with Crippen LogP contribution in [0.25, 0.3) is 22.3 Å². The SMILES string of the molecule is CCC1(O)C(=O)OCc2c1cc1n(c2=O)Cc2c-1nc1cc(F)c(OC)cc1c2CNS(=O)(=O)c1ccc([N+](=O)[O-])cc1. The molecule has 2 aliphatic heterocycles. The fourth-order valence-electron chi connectivity index (χ4n) is 5.52. The van der Waals surface area contributed by atoms with Crippen molar-refractivity contribution in [2.24, 2.45) is 0 Å². The zero-order chi connectivity index (χ0) is 30.8. The van der Waals surface area contributed by atoms with Crippen molar-refractivity contribution in [3.63, 3.8) is 0 Å². The number of ether oxygens (including phenoxy) is 2. The molecule has 2 N–H and O–H groups in total. The number of hydrogen-bond donors (Lipinski definition) is 2. The lowest BCUT2D eigenvalue weighted by atomic mass is 9.86. The summed E-state index contributed by atoms with van der Waals surface area (Å²) in [6.45, 7) is 0.892. The number of halogens is 1. The van der Waals surface area contributed by atoms with Gasteiger partial charge in [0.25, 0.3) is 11.2 Å². The third-order valence-electron chi connectivity index (χ3n) is 7.88. The topological polar surface area (TPSA) is 180 Å². The number of hydrogen-bond acceptors (Lipinski definition) is 10. The smallest absolute Gasteiger partial charge is 0.343 e. The number of non-ortho nitro benzene ring substituents is 1. The number of esters is 1. The number of nitrogens with one attached hydrogen (secondary N) is 1. The molecule has 15 heteroatoms. The van der Waals surface area contributed by atoms with Gasteiger partial charge in [-0.3, -0.25) is 14.9 Å². The van der Waals surface area contributed by atoms with Gasteiger partial charge >= 0.3 is 5.97 Å². The second kappa shape index (κ2) is 9.93. The summed E-state index contributed by atoms with van der Waals surface area (Å²) in [5.41, 5.74) is -1.15. The zero-order valence-electron chi connectivity index (χ0n) is 22.7. The molecule has 0 radical (unpaired) electrons. The monoisotopic (exact) mass is 610 g/mol. The minimum absolute atomic E-state index is 0.0352. The van der Waals surface area contributed by atoms with E-state index in [1.807, 2.05) is 0 Å². The second-order valence-corrected chi connectivity index (χ2v) is 11.9. The summed E-state index contributed by atoms with van der Waals surface area (Å²) in [7, 11) is -2.90. The van der Waals surface area contributed by atoms with Crippen molar-refractivity contribution >= 4 is 32.6 Å². The summed E-state index contributed by atoms with van der Waals surface area (Å²) in [6.07, 6.45) is -0.0551. The minimum atomic E-state index is -4.18. The van der Waals surface area contributed by atoms with E-state index in [0.29, 0.717) is 16.5 Å². The van der Waals surface area contributed by atoms with Crippen molar-refractivity contribution in [1.82, 2.24) is 14.3 Å². The molecule has 0 fully saturated rings. The molecule has 0 aliphatic carbocycles. The number of nitrogens with zero attached hydrogens (tertiary/aromatic N) is 3. The van der Waals surface area contributed by atoms with E-state index in [2.05, 4.69) is 9.71 Å². The number of fused-ring (bicyclic) bond motifs is 5. The van der Waals surface area contributed by atoms with Gasteiger partial charge in [-0.2, -0.15) is 0 Å². The molecule has 43 heavy (non-hydrogen) atoms. The number of rotatable bonds is 7. The van der Waals surface area contributed by atoms with Crippen LogP contribution in [0.1, 0.15) is 35.6 Å². The standard InChI is InChI=1S/C28H23FN4O9S/c1-3-28(36)20-9-23-25-18(12-32(23)26(34)19(20)13-42-27(28)35)17(16-8-24(41-2)21(29)10-22(16)31-25)11-30-43(39,40)15-6-4-14(5-7-15)33(37)38/h4-10,30,36H,3,11-13H2,1-2H3. The van der Waals surface area contributed by atoms with E-state index in [1.165, 1.54) is 23.8 Å². The number of aromatic nitrogens is 2. The van der Waals surface area contributed by atoms with Gasteiger partial charge in [-0.1, -0.05) is 6.92 Å². The van der Waals surface area contributed by atoms with Gasteiger partial charge in [-0.25, -0.2) is 27.3 Å². The second-order valence-electron chi connectivity index (χ2n) is 10.1. The molecule has 0 bridgehead atoms. The lowest BCUT2D eigenvalue weighted by Gasteiger charge is -2.31. The quantitative estimate of drug-likeness (QED) is 0.158. The molecule has 0 amide bonds. The van der Waals surface area contributed by atoms with Crippen LogP contribution in [0.15, 0.2) is 52.2 Å². The molecule has 2 aromatic carbocycles. The number of benzene rings is 2. The Morgan fingerprint density at radius 3 is 2.58 bits per heavy atom. The highest BCUT2D eigenvalue weighted by Crippen LogP contribution is 2.41. The van der Waals surface area contributed by atoms with Gasteiger partial charge in [0, 0.05) is 41.3 Å². The molecule has 4 aromatic rings. The first-order chi connectivity index (χ1) is 20.4. The molecule has 2 aliphatic rings. The first kappa shape index (κ1) is 28.4. The van der Waals surface area contributed by atoms with Gasteiger partial charge in [0.1, 0.15) is 6.61 Å². The summed E-state index contributed by atoms with van der Waals surface area (Å²) >= 11 is 0. The van der Waals surface area contributed by atoms with Gasteiger partial charge in [0.2, 0.25) is 10.0 Å². The van der Waals surface area contributed by atoms with Crippen LogP contribution in [0.5, 0.6) is 5.75 Å². The van der Waals surface area contributed by atoms with Crippen LogP contribution in [0.2, 0.25) is 0 Å². The highest BCUT2D eigenvalue weighted by molar-refractivity contribution is 7.89. The average molecular weight is 611 g/mol. The zero-order valence-corrected chi connectivity index (χ0v) is 23.5. The molecule has 6 rings (SSSR count). The Kier molecular flexibility index (Phi) is 6.56. The predicted octanol–water partition coefficient (Wildman–Crippen LogP) is 2.61. The number of nitro benzene ring substituents is 1. The van der Waals surface area contributed by atoms with Crippen LogP contribution in [-0.4, -0.2) is 41.1 Å².